The van der Waals surface area contributed by atoms with Crippen molar-refractivity contribution in [2.45, 2.75) is 13.3 Å². The van der Waals surface area contributed by atoms with Gasteiger partial charge in [0.15, 0.2) is 4.96 Å². The maximum atomic E-state index is 10.8. The summed E-state index contributed by atoms with van der Waals surface area (Å²) < 4.78 is 7.41. The zero-order chi connectivity index (χ0) is 16.6. The summed E-state index contributed by atoms with van der Waals surface area (Å²) in [7, 11) is 0. The van der Waals surface area contributed by atoms with Crippen molar-refractivity contribution in [3.8, 4) is 17.0 Å². The molecule has 5 nitrogen and oxygen atoms in total. The van der Waals surface area contributed by atoms with Gasteiger partial charge in [0.05, 0.1) is 23.7 Å². The Labute approximate surface area is 146 Å². The second kappa shape index (κ2) is 6.39. The molecule has 23 heavy (non-hydrogen) atoms. The lowest BCUT2D eigenvalue weighted by molar-refractivity contribution is -0.136. The number of carbonyl (C=O) groups is 1. The van der Waals surface area contributed by atoms with Crippen LogP contribution in [0, 0.1) is 0 Å². The Morgan fingerprint density at radius 2 is 2.17 bits per heavy atom. The van der Waals surface area contributed by atoms with Crippen LogP contribution in [0.3, 0.4) is 0 Å². The van der Waals surface area contributed by atoms with E-state index in [0.29, 0.717) is 38.6 Å². The van der Waals surface area contributed by atoms with E-state index in [4.69, 9.17) is 33.0 Å². The first-order chi connectivity index (χ1) is 11.0. The van der Waals surface area contributed by atoms with Crippen LogP contribution in [-0.2, 0) is 11.2 Å². The van der Waals surface area contributed by atoms with Crippen molar-refractivity contribution in [1.82, 2.24) is 9.38 Å². The van der Waals surface area contributed by atoms with E-state index >= 15 is 0 Å². The van der Waals surface area contributed by atoms with Crippen molar-refractivity contribution < 1.29 is 14.6 Å². The normalized spacial score (nSPS) is 11.1. The summed E-state index contributed by atoms with van der Waals surface area (Å²) in [4.78, 5) is 16.7. The van der Waals surface area contributed by atoms with E-state index < -0.39 is 5.97 Å². The Morgan fingerprint density at radius 1 is 1.39 bits per heavy atom. The topological polar surface area (TPSA) is 63.8 Å². The summed E-state index contributed by atoms with van der Waals surface area (Å²) in [5, 5.41) is 9.77. The molecule has 0 unspecified atom stereocenters. The molecule has 0 saturated heterocycles. The number of imidazole rings is 1. The molecule has 1 aromatic carbocycles. The lowest BCUT2D eigenvalue weighted by Crippen LogP contribution is -1.97. The number of rotatable bonds is 5. The molecule has 0 radical (unpaired) electrons. The fourth-order valence-electron chi connectivity index (χ4n) is 2.25. The van der Waals surface area contributed by atoms with Crippen LogP contribution in [0.5, 0.6) is 5.75 Å². The lowest BCUT2D eigenvalue weighted by atomic mass is 10.1. The second-order valence-corrected chi connectivity index (χ2v) is 6.72. The maximum Gasteiger partial charge on any atom is 0.308 e. The number of carboxylic acids is 1. The van der Waals surface area contributed by atoms with Gasteiger partial charge in [0, 0.05) is 27.9 Å². The molecule has 0 aliphatic rings. The molecule has 1 N–H and O–H groups in total. The van der Waals surface area contributed by atoms with Crippen LogP contribution in [0.1, 0.15) is 11.8 Å². The summed E-state index contributed by atoms with van der Waals surface area (Å²) in [6.07, 6.45) is 3.55. The second-order valence-electron chi connectivity index (χ2n) is 4.78. The van der Waals surface area contributed by atoms with Crippen molar-refractivity contribution in [2.24, 2.45) is 0 Å². The third kappa shape index (κ3) is 3.29. The van der Waals surface area contributed by atoms with E-state index in [-0.39, 0.29) is 6.42 Å². The smallest absolute Gasteiger partial charge is 0.308 e. The Morgan fingerprint density at radius 3 is 2.83 bits per heavy atom. The Hall–Kier alpha value is -1.76. The van der Waals surface area contributed by atoms with Gasteiger partial charge in [0.2, 0.25) is 0 Å². The zero-order valence-corrected chi connectivity index (χ0v) is 14.4. The van der Waals surface area contributed by atoms with Gasteiger partial charge in [-0.15, -0.1) is 11.3 Å². The van der Waals surface area contributed by atoms with Gasteiger partial charge in [-0.3, -0.25) is 9.20 Å². The van der Waals surface area contributed by atoms with Crippen LogP contribution in [0.2, 0.25) is 10.0 Å². The summed E-state index contributed by atoms with van der Waals surface area (Å²) >= 11 is 13.6. The Bertz CT molecular complexity index is 857. The van der Waals surface area contributed by atoms with E-state index in [1.54, 1.807) is 22.7 Å². The number of carboxylic acid groups (broad SMARTS) is 1. The van der Waals surface area contributed by atoms with Gasteiger partial charge in [-0.25, -0.2) is 4.98 Å². The van der Waals surface area contributed by atoms with E-state index in [1.165, 1.54) is 11.3 Å². The molecule has 0 atom stereocenters. The van der Waals surface area contributed by atoms with Crippen LogP contribution < -0.4 is 4.74 Å². The minimum absolute atomic E-state index is 0.0173. The van der Waals surface area contributed by atoms with Gasteiger partial charge in [-0.05, 0) is 19.1 Å². The SMILES string of the molecule is CCOc1c(Cl)cc(Cl)cc1-c1cn2cc(CC(=O)O)sc2n1. The summed E-state index contributed by atoms with van der Waals surface area (Å²) in [5.74, 6) is -0.329. The molecular formula is C15H12Cl2N2O3S. The molecule has 3 rings (SSSR count). The van der Waals surface area contributed by atoms with E-state index in [2.05, 4.69) is 4.98 Å². The first-order valence-corrected chi connectivity index (χ1v) is 8.36. The fraction of sp³-hybridized carbons (Fsp3) is 0.200. The third-order valence-corrected chi connectivity index (χ3v) is 4.60. The number of aromatic nitrogens is 2. The van der Waals surface area contributed by atoms with E-state index in [1.807, 2.05) is 13.1 Å². The number of hydrogen-bond acceptors (Lipinski definition) is 4. The first kappa shape index (κ1) is 16.1. The molecule has 0 amide bonds. The van der Waals surface area contributed by atoms with Crippen LogP contribution in [0.25, 0.3) is 16.2 Å². The first-order valence-electron chi connectivity index (χ1n) is 6.79. The molecule has 0 fully saturated rings. The molecule has 0 bridgehead atoms. The van der Waals surface area contributed by atoms with Gasteiger partial charge in [0.25, 0.3) is 0 Å². The largest absolute Gasteiger partial charge is 0.492 e. The molecule has 3 aromatic rings. The predicted octanol–water partition coefficient (Wildman–Crippen LogP) is 4.40. The van der Waals surface area contributed by atoms with Gasteiger partial charge in [0.1, 0.15) is 5.75 Å². The average molecular weight is 371 g/mol. The highest BCUT2D eigenvalue weighted by Gasteiger charge is 2.16. The number of fused-ring (bicyclic) bond motifs is 1. The van der Waals surface area contributed by atoms with Gasteiger partial charge < -0.3 is 9.84 Å². The number of thiazole rings is 1. The zero-order valence-electron chi connectivity index (χ0n) is 12.0. The van der Waals surface area contributed by atoms with Gasteiger partial charge >= 0.3 is 5.97 Å². The fourth-order valence-corrected chi connectivity index (χ4v) is 3.74. The maximum absolute atomic E-state index is 10.8. The molecule has 0 spiro atoms. The van der Waals surface area contributed by atoms with Crippen LogP contribution in [-0.4, -0.2) is 27.1 Å². The van der Waals surface area contributed by atoms with Crippen molar-refractivity contribution >= 4 is 45.5 Å². The number of benzene rings is 1. The van der Waals surface area contributed by atoms with Crippen molar-refractivity contribution in [2.75, 3.05) is 6.61 Å². The molecular weight excluding hydrogens is 359 g/mol. The number of halogens is 2. The van der Waals surface area contributed by atoms with Crippen LogP contribution in [0.15, 0.2) is 24.5 Å². The Kier molecular flexibility index (Phi) is 4.48. The highest BCUT2D eigenvalue weighted by Crippen LogP contribution is 2.39. The minimum Gasteiger partial charge on any atom is -0.492 e. The summed E-state index contributed by atoms with van der Waals surface area (Å²) in [5.41, 5.74) is 1.38. The van der Waals surface area contributed by atoms with Gasteiger partial charge in [-0.1, -0.05) is 23.2 Å². The number of aliphatic carboxylic acids is 1. The summed E-state index contributed by atoms with van der Waals surface area (Å²) in [6, 6.07) is 3.38. The van der Waals surface area contributed by atoms with Gasteiger partial charge in [-0.2, -0.15) is 0 Å². The molecule has 2 heterocycles. The molecule has 0 saturated carbocycles. The Balaban J connectivity index is 2.06. The highest BCUT2D eigenvalue weighted by molar-refractivity contribution is 7.17. The molecule has 2 aromatic heterocycles. The van der Waals surface area contributed by atoms with Crippen LogP contribution in [0.4, 0.5) is 0 Å². The van der Waals surface area contributed by atoms with Crippen molar-refractivity contribution in [1.29, 1.82) is 0 Å². The predicted molar refractivity (Wildman–Crippen MR) is 91.0 cm³/mol. The third-order valence-electron chi connectivity index (χ3n) is 3.10. The average Bonchev–Trinajstić information content (AvgIpc) is 2.98. The quantitative estimate of drug-likeness (QED) is 0.722. The minimum atomic E-state index is -0.866. The number of hydrogen-bond donors (Lipinski definition) is 1. The van der Waals surface area contributed by atoms with E-state index in [9.17, 15) is 4.79 Å². The van der Waals surface area contributed by atoms with Crippen molar-refractivity contribution in [3.05, 3.63) is 39.4 Å². The standard InChI is InChI=1S/C15H12Cl2N2O3S/c1-2-22-14-10(3-8(16)4-11(14)17)12-7-19-6-9(5-13(20)21)23-15(19)18-12/h3-4,6-7H,2,5H2,1H3,(H,20,21). The highest BCUT2D eigenvalue weighted by atomic mass is 35.5. The number of nitrogens with zero attached hydrogens (tertiary/aromatic N) is 2. The van der Waals surface area contributed by atoms with E-state index in [0.717, 1.165) is 4.88 Å². The molecule has 0 aliphatic carbocycles. The van der Waals surface area contributed by atoms with Crippen molar-refractivity contribution in [3.63, 3.8) is 0 Å². The van der Waals surface area contributed by atoms with Crippen LogP contribution >= 0.6 is 34.5 Å². The molecule has 120 valence electrons. The molecule has 0 aliphatic heterocycles. The monoisotopic (exact) mass is 370 g/mol. The number of ether oxygens (including phenoxy) is 1. The summed E-state index contributed by atoms with van der Waals surface area (Å²) in [6.45, 7) is 2.35. The molecule has 8 heteroatoms. The lowest BCUT2D eigenvalue weighted by Gasteiger charge is -2.11.